The number of aliphatic hydroxyl groups is 1. The fraction of sp³-hybridized carbons (Fsp3) is 0.471. The molecule has 1 fully saturated rings. The Morgan fingerprint density at radius 2 is 2.09 bits per heavy atom. The quantitative estimate of drug-likeness (QED) is 0.810. The van der Waals surface area contributed by atoms with Gasteiger partial charge >= 0.3 is 0 Å². The van der Waals surface area contributed by atoms with E-state index in [9.17, 15) is 9.90 Å². The fourth-order valence-corrected chi connectivity index (χ4v) is 3.35. The first-order valence-corrected chi connectivity index (χ1v) is 8.18. The third-order valence-corrected chi connectivity index (χ3v) is 4.71. The molecule has 1 saturated carbocycles. The second-order valence-electron chi connectivity index (χ2n) is 6.24. The van der Waals surface area contributed by atoms with Gasteiger partial charge in [-0.05, 0) is 36.6 Å². The number of aromatic nitrogens is 1. The van der Waals surface area contributed by atoms with Crippen LogP contribution in [0.25, 0.3) is 10.9 Å². The van der Waals surface area contributed by atoms with Gasteiger partial charge in [0.1, 0.15) is 0 Å². The Hall–Kier alpha value is -1.52. The van der Waals surface area contributed by atoms with Crippen molar-refractivity contribution in [2.75, 3.05) is 6.54 Å². The average Bonchev–Trinajstić information content (AvgIpc) is 2.88. The van der Waals surface area contributed by atoms with Crippen LogP contribution in [0.15, 0.2) is 24.4 Å². The number of carbonyl (C=O) groups is 1. The fourth-order valence-electron chi connectivity index (χ4n) is 3.18. The number of fused-ring (bicyclic) bond motifs is 1. The topological polar surface area (TPSA) is 65.1 Å². The Kier molecular flexibility index (Phi) is 4.41. The molecule has 0 bridgehead atoms. The number of carbonyl (C=O) groups excluding carboxylic acids is 1. The molecule has 0 saturated heterocycles. The van der Waals surface area contributed by atoms with Crippen LogP contribution < -0.4 is 5.32 Å². The number of hydrogen-bond donors (Lipinski definition) is 3. The summed E-state index contributed by atoms with van der Waals surface area (Å²) < 4.78 is 0. The first-order chi connectivity index (χ1) is 10.6. The standard InChI is InChI=1S/C17H21ClN2O2/c18-13-4-5-15-14(9-13)12(10-19-15)8-16(21)20-11-17(22)6-2-1-3-7-17/h4-5,9-10,19,22H,1-3,6-8,11H2,(H,20,21). The van der Waals surface area contributed by atoms with Crippen LogP contribution in [0.2, 0.25) is 5.02 Å². The van der Waals surface area contributed by atoms with Crippen molar-refractivity contribution in [3.05, 3.63) is 35.0 Å². The lowest BCUT2D eigenvalue weighted by atomic mass is 9.85. The van der Waals surface area contributed by atoms with Crippen molar-refractivity contribution < 1.29 is 9.90 Å². The highest BCUT2D eigenvalue weighted by molar-refractivity contribution is 6.31. The highest BCUT2D eigenvalue weighted by atomic mass is 35.5. The molecular formula is C17H21ClN2O2. The minimum atomic E-state index is -0.725. The molecule has 1 aromatic carbocycles. The molecule has 0 aliphatic heterocycles. The lowest BCUT2D eigenvalue weighted by Crippen LogP contribution is -2.44. The third kappa shape index (κ3) is 3.45. The monoisotopic (exact) mass is 320 g/mol. The largest absolute Gasteiger partial charge is 0.388 e. The van der Waals surface area contributed by atoms with E-state index in [0.29, 0.717) is 11.6 Å². The van der Waals surface area contributed by atoms with E-state index in [1.807, 2.05) is 24.4 Å². The normalized spacial score (nSPS) is 17.5. The number of aromatic amines is 1. The Balaban J connectivity index is 1.62. The van der Waals surface area contributed by atoms with Crippen molar-refractivity contribution in [1.29, 1.82) is 0 Å². The van der Waals surface area contributed by atoms with Gasteiger partial charge in [0.15, 0.2) is 0 Å². The smallest absolute Gasteiger partial charge is 0.224 e. The molecule has 1 amide bonds. The number of nitrogens with one attached hydrogen (secondary N) is 2. The molecule has 22 heavy (non-hydrogen) atoms. The van der Waals surface area contributed by atoms with Crippen LogP contribution in [0.3, 0.4) is 0 Å². The number of halogens is 1. The molecule has 0 radical (unpaired) electrons. The van der Waals surface area contributed by atoms with E-state index in [-0.39, 0.29) is 12.3 Å². The second-order valence-corrected chi connectivity index (χ2v) is 6.68. The molecule has 1 aliphatic carbocycles. The maximum Gasteiger partial charge on any atom is 0.224 e. The van der Waals surface area contributed by atoms with Gasteiger partial charge in [-0.2, -0.15) is 0 Å². The molecule has 1 aromatic heterocycles. The molecule has 4 nitrogen and oxygen atoms in total. The summed E-state index contributed by atoms with van der Waals surface area (Å²) in [7, 11) is 0. The summed E-state index contributed by atoms with van der Waals surface area (Å²) in [6, 6.07) is 5.59. The summed E-state index contributed by atoms with van der Waals surface area (Å²) in [5, 5.41) is 14.9. The van der Waals surface area contributed by atoms with Gasteiger partial charge in [0.2, 0.25) is 5.91 Å². The molecule has 118 valence electrons. The van der Waals surface area contributed by atoms with Crippen LogP contribution in [0.4, 0.5) is 0 Å². The lowest BCUT2D eigenvalue weighted by molar-refractivity contribution is -0.122. The zero-order chi connectivity index (χ0) is 15.6. The van der Waals surface area contributed by atoms with Crippen molar-refractivity contribution in [3.8, 4) is 0 Å². The summed E-state index contributed by atoms with van der Waals surface area (Å²) in [6.07, 6.45) is 6.92. The van der Waals surface area contributed by atoms with Crippen molar-refractivity contribution in [2.45, 2.75) is 44.1 Å². The van der Waals surface area contributed by atoms with E-state index >= 15 is 0 Å². The Morgan fingerprint density at radius 1 is 1.32 bits per heavy atom. The SMILES string of the molecule is O=C(Cc1c[nH]c2ccc(Cl)cc12)NCC1(O)CCCCC1. The predicted octanol–water partition coefficient (Wildman–Crippen LogP) is 3.18. The van der Waals surface area contributed by atoms with Gasteiger partial charge in [-0.15, -0.1) is 0 Å². The molecule has 0 spiro atoms. The van der Waals surface area contributed by atoms with Crippen molar-refractivity contribution in [3.63, 3.8) is 0 Å². The van der Waals surface area contributed by atoms with Crippen LogP contribution in [-0.2, 0) is 11.2 Å². The number of hydrogen-bond acceptors (Lipinski definition) is 2. The molecule has 3 rings (SSSR count). The third-order valence-electron chi connectivity index (χ3n) is 4.48. The zero-order valence-corrected chi connectivity index (χ0v) is 13.2. The van der Waals surface area contributed by atoms with Gasteiger partial charge in [0.25, 0.3) is 0 Å². The van der Waals surface area contributed by atoms with Crippen molar-refractivity contribution in [2.24, 2.45) is 0 Å². The molecule has 3 N–H and O–H groups in total. The van der Waals surface area contributed by atoms with Gasteiger partial charge < -0.3 is 15.4 Å². The summed E-state index contributed by atoms with van der Waals surface area (Å²) >= 11 is 6.02. The summed E-state index contributed by atoms with van der Waals surface area (Å²) in [6.45, 7) is 0.342. The zero-order valence-electron chi connectivity index (χ0n) is 12.5. The van der Waals surface area contributed by atoms with E-state index in [1.54, 1.807) is 0 Å². The molecule has 1 aliphatic rings. The van der Waals surface area contributed by atoms with Crippen LogP contribution in [0.1, 0.15) is 37.7 Å². The van der Waals surface area contributed by atoms with Crippen LogP contribution >= 0.6 is 11.6 Å². The van der Waals surface area contributed by atoms with Gasteiger partial charge in [0.05, 0.1) is 12.0 Å². The van der Waals surface area contributed by atoms with Gasteiger partial charge in [-0.1, -0.05) is 30.9 Å². The van der Waals surface area contributed by atoms with E-state index < -0.39 is 5.60 Å². The highest BCUT2D eigenvalue weighted by Crippen LogP contribution is 2.27. The van der Waals surface area contributed by atoms with E-state index in [0.717, 1.165) is 42.1 Å². The molecule has 5 heteroatoms. The van der Waals surface area contributed by atoms with E-state index in [4.69, 9.17) is 11.6 Å². The summed E-state index contributed by atoms with van der Waals surface area (Å²) in [4.78, 5) is 15.3. The lowest BCUT2D eigenvalue weighted by Gasteiger charge is -2.32. The number of rotatable bonds is 4. The summed E-state index contributed by atoms with van der Waals surface area (Å²) in [5.74, 6) is -0.0696. The van der Waals surface area contributed by atoms with Crippen molar-refractivity contribution in [1.82, 2.24) is 10.3 Å². The van der Waals surface area contributed by atoms with E-state index in [1.165, 1.54) is 6.42 Å². The van der Waals surface area contributed by atoms with Crippen LogP contribution in [0.5, 0.6) is 0 Å². The second kappa shape index (κ2) is 6.31. The minimum absolute atomic E-state index is 0.0696. The molecule has 0 atom stereocenters. The number of H-pyrrole nitrogens is 1. The van der Waals surface area contributed by atoms with E-state index in [2.05, 4.69) is 10.3 Å². The first-order valence-electron chi connectivity index (χ1n) is 7.80. The highest BCUT2D eigenvalue weighted by Gasteiger charge is 2.29. The van der Waals surface area contributed by atoms with Crippen molar-refractivity contribution >= 4 is 28.4 Å². The minimum Gasteiger partial charge on any atom is -0.388 e. The maximum atomic E-state index is 12.2. The van der Waals surface area contributed by atoms with Gasteiger partial charge in [0, 0.05) is 28.7 Å². The van der Waals surface area contributed by atoms with Crippen LogP contribution in [0, 0.1) is 0 Å². The van der Waals surface area contributed by atoms with Crippen LogP contribution in [-0.4, -0.2) is 28.1 Å². The molecule has 2 aromatic rings. The molecule has 1 heterocycles. The Morgan fingerprint density at radius 3 is 2.86 bits per heavy atom. The Bertz CT molecular complexity index is 674. The summed E-state index contributed by atoms with van der Waals surface area (Å²) in [5.41, 5.74) is 1.17. The van der Waals surface area contributed by atoms with Gasteiger partial charge in [-0.3, -0.25) is 4.79 Å². The molecule has 0 unspecified atom stereocenters. The Labute approximate surface area is 134 Å². The average molecular weight is 321 g/mol. The van der Waals surface area contributed by atoms with Gasteiger partial charge in [-0.25, -0.2) is 0 Å². The first kappa shape index (κ1) is 15.4. The predicted molar refractivity (Wildman–Crippen MR) is 88.1 cm³/mol. The molecular weight excluding hydrogens is 300 g/mol. The maximum absolute atomic E-state index is 12.2. The number of amides is 1. The number of benzene rings is 1.